The van der Waals surface area contributed by atoms with Gasteiger partial charge in [-0.05, 0) is 56.4 Å². The Morgan fingerprint density at radius 1 is 1.03 bits per heavy atom. The lowest BCUT2D eigenvalue weighted by Gasteiger charge is -2.29. The molecule has 5 heterocycles. The van der Waals surface area contributed by atoms with E-state index in [1.807, 2.05) is 23.9 Å². The van der Waals surface area contributed by atoms with Crippen LogP contribution in [-0.2, 0) is 4.74 Å². The monoisotopic (exact) mass is 502 g/mol. The third kappa shape index (κ3) is 4.20. The van der Waals surface area contributed by atoms with Crippen molar-refractivity contribution in [1.29, 1.82) is 0 Å². The highest BCUT2D eigenvalue weighted by Gasteiger charge is 2.31. The summed E-state index contributed by atoms with van der Waals surface area (Å²) in [7, 11) is 0. The average molecular weight is 503 g/mol. The van der Waals surface area contributed by atoms with Crippen molar-refractivity contribution < 1.29 is 13.5 Å². The summed E-state index contributed by atoms with van der Waals surface area (Å²) in [5, 5.41) is 8.51. The van der Waals surface area contributed by atoms with Gasteiger partial charge in [-0.2, -0.15) is 5.10 Å². The van der Waals surface area contributed by atoms with Gasteiger partial charge in [0.15, 0.2) is 5.65 Å². The fourth-order valence-electron chi connectivity index (χ4n) is 5.49. The number of rotatable bonds is 5. The molecular formula is C28H28F2N6O. The number of hydrogen-bond donors (Lipinski definition) is 1. The molecule has 3 aromatic heterocycles. The molecule has 3 fully saturated rings. The van der Waals surface area contributed by atoms with Crippen molar-refractivity contribution in [1.82, 2.24) is 30.0 Å². The van der Waals surface area contributed by atoms with Gasteiger partial charge in [-0.25, -0.2) is 23.7 Å². The first-order valence-corrected chi connectivity index (χ1v) is 13.0. The Bertz CT molecular complexity index is 1500. The Labute approximate surface area is 213 Å². The molecule has 7 rings (SSSR count). The molecular weight excluding hydrogens is 474 g/mol. The zero-order valence-electron chi connectivity index (χ0n) is 20.6. The predicted molar refractivity (Wildman–Crippen MR) is 134 cm³/mol. The molecule has 0 amide bonds. The number of nitrogens with zero attached hydrogens (tertiary/aromatic N) is 5. The maximum atomic E-state index is 15.0. The summed E-state index contributed by atoms with van der Waals surface area (Å²) in [6.07, 6.45) is 7.70. The molecule has 2 aliphatic heterocycles. The molecule has 4 aromatic rings. The van der Waals surface area contributed by atoms with Gasteiger partial charge in [-0.3, -0.25) is 4.68 Å². The second-order valence-corrected chi connectivity index (χ2v) is 10.5. The van der Waals surface area contributed by atoms with Crippen LogP contribution >= 0.6 is 0 Å². The van der Waals surface area contributed by atoms with Crippen LogP contribution in [0, 0.1) is 18.6 Å². The predicted octanol–water partition coefficient (Wildman–Crippen LogP) is 5.13. The molecule has 7 nitrogen and oxygen atoms in total. The number of benzene rings is 1. The minimum Gasteiger partial charge on any atom is -0.373 e. The van der Waals surface area contributed by atoms with Crippen LogP contribution < -0.4 is 5.32 Å². The van der Waals surface area contributed by atoms with Gasteiger partial charge >= 0.3 is 0 Å². The van der Waals surface area contributed by atoms with Crippen LogP contribution in [0.1, 0.15) is 72.3 Å². The van der Waals surface area contributed by atoms with E-state index in [4.69, 9.17) is 19.7 Å². The SMILES string of the molecule is Cc1nc2nc([C@H]3CCO[C@@H](c4cnn(C5CC5)c4)C3)nc(-c3ccc(F)cc3F)c2cc1C1CNC1. The van der Waals surface area contributed by atoms with Gasteiger partial charge < -0.3 is 10.1 Å². The Kier molecular flexibility index (Phi) is 5.51. The van der Waals surface area contributed by atoms with Crippen molar-refractivity contribution in [3.63, 3.8) is 0 Å². The number of halogens is 2. The lowest BCUT2D eigenvalue weighted by atomic mass is 9.90. The highest BCUT2D eigenvalue weighted by molar-refractivity contribution is 5.91. The third-order valence-electron chi connectivity index (χ3n) is 7.90. The molecule has 2 saturated heterocycles. The minimum atomic E-state index is -0.643. The Morgan fingerprint density at radius 2 is 1.89 bits per heavy atom. The maximum absolute atomic E-state index is 15.0. The lowest BCUT2D eigenvalue weighted by Crippen LogP contribution is -2.40. The molecule has 0 unspecified atom stereocenters. The molecule has 1 aliphatic carbocycles. The van der Waals surface area contributed by atoms with Crippen LogP contribution in [0.3, 0.4) is 0 Å². The Morgan fingerprint density at radius 3 is 2.65 bits per heavy atom. The second-order valence-electron chi connectivity index (χ2n) is 10.5. The zero-order valence-corrected chi connectivity index (χ0v) is 20.6. The van der Waals surface area contributed by atoms with Gasteiger partial charge in [0, 0.05) is 66.0 Å². The van der Waals surface area contributed by atoms with Crippen LogP contribution in [0.5, 0.6) is 0 Å². The summed E-state index contributed by atoms with van der Waals surface area (Å²) in [5.74, 6) is -0.258. The standard InChI is InChI=1S/C28H28F2N6O/c1-15-22(17-11-31-12-17)10-23-26(21-5-2-19(29)9-24(21)30)34-27(35-28(23)33-15)16-6-7-37-25(8-16)18-13-32-36(14-18)20-3-4-20/h2,5,9-10,13-14,16-17,20,25,31H,3-4,6-8,11-12H2,1H3/t16-,25+/m0/s1. The second kappa shape index (κ2) is 8.92. The van der Waals surface area contributed by atoms with E-state index in [-0.39, 0.29) is 17.6 Å². The van der Waals surface area contributed by atoms with Crippen molar-refractivity contribution in [2.45, 2.75) is 56.6 Å². The highest BCUT2D eigenvalue weighted by atomic mass is 19.1. The van der Waals surface area contributed by atoms with Crippen molar-refractivity contribution in [2.24, 2.45) is 0 Å². The number of aromatic nitrogens is 5. The van der Waals surface area contributed by atoms with E-state index >= 15 is 4.39 Å². The van der Waals surface area contributed by atoms with E-state index in [1.54, 1.807) is 0 Å². The number of ether oxygens (including phenoxy) is 1. The normalized spacial score (nSPS) is 22.4. The van der Waals surface area contributed by atoms with E-state index in [0.717, 1.165) is 42.4 Å². The number of hydrogen-bond acceptors (Lipinski definition) is 6. The van der Waals surface area contributed by atoms with Gasteiger partial charge in [0.1, 0.15) is 17.5 Å². The van der Waals surface area contributed by atoms with Gasteiger partial charge in [-0.15, -0.1) is 0 Å². The summed E-state index contributed by atoms with van der Waals surface area (Å²) in [6.45, 7) is 4.34. The molecule has 0 spiro atoms. The van der Waals surface area contributed by atoms with Gasteiger partial charge in [0.25, 0.3) is 0 Å². The lowest BCUT2D eigenvalue weighted by molar-refractivity contribution is 0.00396. The molecule has 190 valence electrons. The highest BCUT2D eigenvalue weighted by Crippen LogP contribution is 2.40. The number of fused-ring (bicyclic) bond motifs is 1. The summed E-state index contributed by atoms with van der Waals surface area (Å²) in [5.41, 5.74) is 4.37. The number of pyridine rings is 1. The van der Waals surface area contributed by atoms with E-state index < -0.39 is 11.6 Å². The minimum absolute atomic E-state index is 0.0206. The van der Waals surface area contributed by atoms with Crippen molar-refractivity contribution in [3.05, 3.63) is 70.9 Å². The van der Waals surface area contributed by atoms with E-state index in [1.165, 1.54) is 25.0 Å². The summed E-state index contributed by atoms with van der Waals surface area (Å²) in [4.78, 5) is 14.7. The molecule has 2 atom stereocenters. The molecule has 9 heteroatoms. The third-order valence-corrected chi connectivity index (χ3v) is 7.90. The summed E-state index contributed by atoms with van der Waals surface area (Å²) >= 11 is 0. The van der Waals surface area contributed by atoms with Crippen LogP contribution in [0.25, 0.3) is 22.3 Å². The Hall–Kier alpha value is -3.30. The largest absolute Gasteiger partial charge is 0.373 e. The Balaban J connectivity index is 1.30. The molecule has 0 radical (unpaired) electrons. The van der Waals surface area contributed by atoms with Crippen molar-refractivity contribution >= 4 is 11.0 Å². The smallest absolute Gasteiger partial charge is 0.163 e. The van der Waals surface area contributed by atoms with Gasteiger partial charge in [-0.1, -0.05) is 0 Å². The number of aryl methyl sites for hydroxylation is 1. The summed E-state index contributed by atoms with van der Waals surface area (Å²) < 4.78 is 37.0. The van der Waals surface area contributed by atoms with Gasteiger partial charge in [0.05, 0.1) is 24.0 Å². The molecule has 0 bridgehead atoms. The zero-order chi connectivity index (χ0) is 25.1. The topological polar surface area (TPSA) is 77.8 Å². The first-order chi connectivity index (χ1) is 18.0. The fraction of sp³-hybridized carbons (Fsp3) is 0.429. The quantitative estimate of drug-likeness (QED) is 0.408. The maximum Gasteiger partial charge on any atom is 0.163 e. The van der Waals surface area contributed by atoms with E-state index in [2.05, 4.69) is 16.6 Å². The first kappa shape index (κ1) is 22.9. The van der Waals surface area contributed by atoms with Crippen molar-refractivity contribution in [3.8, 4) is 11.3 Å². The van der Waals surface area contributed by atoms with Crippen molar-refractivity contribution in [2.75, 3.05) is 19.7 Å². The summed E-state index contributed by atoms with van der Waals surface area (Å²) in [6, 6.07) is 6.19. The molecule has 1 aromatic carbocycles. The van der Waals surface area contributed by atoms with E-state index in [0.29, 0.717) is 47.5 Å². The average Bonchev–Trinajstić information content (AvgIpc) is 3.59. The molecule has 37 heavy (non-hydrogen) atoms. The fourth-order valence-corrected chi connectivity index (χ4v) is 5.49. The molecule has 1 saturated carbocycles. The first-order valence-electron chi connectivity index (χ1n) is 13.0. The van der Waals surface area contributed by atoms with Crippen LogP contribution in [0.2, 0.25) is 0 Å². The van der Waals surface area contributed by atoms with Gasteiger partial charge in [0.2, 0.25) is 0 Å². The van der Waals surface area contributed by atoms with Crippen LogP contribution in [0.4, 0.5) is 8.78 Å². The number of nitrogens with one attached hydrogen (secondary N) is 1. The van der Waals surface area contributed by atoms with E-state index in [9.17, 15) is 4.39 Å². The molecule has 1 N–H and O–H groups in total. The van der Waals surface area contributed by atoms with Crippen LogP contribution in [-0.4, -0.2) is 44.4 Å². The van der Waals surface area contributed by atoms with Crippen LogP contribution in [0.15, 0.2) is 36.7 Å². The molecule has 3 aliphatic rings.